The summed E-state index contributed by atoms with van der Waals surface area (Å²) in [5, 5.41) is 8.29. The molecule has 0 aliphatic heterocycles. The zero-order valence-corrected chi connectivity index (χ0v) is 6.75. The first-order valence-corrected chi connectivity index (χ1v) is 4.02. The van der Waals surface area contributed by atoms with Crippen molar-refractivity contribution in [3.8, 4) is 0 Å². The molecule has 0 saturated heterocycles. The maximum absolute atomic E-state index is 10.1. The molecule has 0 heterocycles. The van der Waals surface area contributed by atoms with Gasteiger partial charge in [0.25, 0.3) is 0 Å². The minimum Gasteiger partial charge on any atom is -0.481 e. The number of allylic oxidation sites excluding steroid dienone is 1. The Hall–Kier alpha value is -0.790. The van der Waals surface area contributed by atoms with E-state index >= 15 is 0 Å². The van der Waals surface area contributed by atoms with Crippen molar-refractivity contribution in [3.63, 3.8) is 0 Å². The standard InChI is InChI=1S/C9H15O2/c1-2-3-4-5-6-7-8-9(10)11/h1-2H,3-8H2,(H,10,11). The quantitative estimate of drug-likeness (QED) is 0.573. The molecule has 0 aromatic rings. The first-order valence-electron chi connectivity index (χ1n) is 4.02. The molecule has 0 spiro atoms. The van der Waals surface area contributed by atoms with Crippen LogP contribution < -0.4 is 0 Å². The Morgan fingerprint density at radius 3 is 2.45 bits per heavy atom. The molecule has 0 aromatic heterocycles. The summed E-state index contributed by atoms with van der Waals surface area (Å²) in [6.45, 7) is 5.17. The molecule has 0 aliphatic carbocycles. The topological polar surface area (TPSA) is 37.3 Å². The number of carbonyl (C=O) groups is 1. The predicted molar refractivity (Wildman–Crippen MR) is 44.2 cm³/mol. The Labute approximate surface area is 67.9 Å². The maximum atomic E-state index is 10.1. The summed E-state index contributed by atoms with van der Waals surface area (Å²) < 4.78 is 0. The first kappa shape index (κ1) is 10.2. The van der Waals surface area contributed by atoms with E-state index in [9.17, 15) is 4.79 Å². The van der Waals surface area contributed by atoms with Crippen molar-refractivity contribution in [2.24, 2.45) is 0 Å². The molecule has 0 atom stereocenters. The molecule has 0 unspecified atom stereocenters. The largest absolute Gasteiger partial charge is 0.481 e. The van der Waals surface area contributed by atoms with Crippen LogP contribution in [-0.4, -0.2) is 11.1 Å². The van der Waals surface area contributed by atoms with Gasteiger partial charge >= 0.3 is 5.97 Å². The smallest absolute Gasteiger partial charge is 0.303 e. The molecule has 0 amide bonds. The van der Waals surface area contributed by atoms with Crippen LogP contribution in [0.3, 0.4) is 0 Å². The summed E-state index contributed by atoms with van der Waals surface area (Å²) in [4.78, 5) is 10.1. The fourth-order valence-electron chi connectivity index (χ4n) is 0.892. The lowest BCUT2D eigenvalue weighted by Crippen LogP contribution is -1.93. The number of rotatable bonds is 7. The van der Waals surface area contributed by atoms with Crippen molar-refractivity contribution in [2.45, 2.75) is 38.5 Å². The number of aliphatic carboxylic acids is 1. The Morgan fingerprint density at radius 1 is 1.27 bits per heavy atom. The highest BCUT2D eigenvalue weighted by Crippen LogP contribution is 2.04. The van der Waals surface area contributed by atoms with Crippen LogP contribution in [0.2, 0.25) is 0 Å². The van der Waals surface area contributed by atoms with Crippen molar-refractivity contribution in [1.82, 2.24) is 0 Å². The van der Waals surface area contributed by atoms with Crippen molar-refractivity contribution in [3.05, 3.63) is 12.7 Å². The second kappa shape index (κ2) is 7.32. The highest BCUT2D eigenvalue weighted by molar-refractivity contribution is 5.66. The zero-order valence-electron chi connectivity index (χ0n) is 6.75. The number of hydrogen-bond donors (Lipinski definition) is 1. The van der Waals surface area contributed by atoms with E-state index in [4.69, 9.17) is 11.7 Å². The predicted octanol–water partition coefficient (Wildman–Crippen LogP) is 2.40. The fourth-order valence-corrected chi connectivity index (χ4v) is 0.892. The lowest BCUT2D eigenvalue weighted by molar-refractivity contribution is -0.137. The van der Waals surface area contributed by atoms with E-state index in [0.717, 1.165) is 32.1 Å². The molecule has 0 rings (SSSR count). The average Bonchev–Trinajstić information content (AvgIpc) is 1.96. The molecule has 0 saturated carbocycles. The van der Waals surface area contributed by atoms with Crippen LogP contribution in [-0.2, 0) is 4.79 Å². The molecule has 2 nitrogen and oxygen atoms in total. The molecule has 1 radical (unpaired) electrons. The van der Waals surface area contributed by atoms with Crippen molar-refractivity contribution >= 4 is 5.97 Å². The van der Waals surface area contributed by atoms with Crippen LogP contribution in [0.15, 0.2) is 6.08 Å². The number of hydrogen-bond acceptors (Lipinski definition) is 1. The molecule has 0 bridgehead atoms. The number of carboxylic acid groups (broad SMARTS) is 1. The van der Waals surface area contributed by atoms with Crippen LogP contribution in [0.5, 0.6) is 0 Å². The molecule has 0 aromatic carbocycles. The summed E-state index contributed by atoms with van der Waals surface area (Å²) in [5.41, 5.74) is 0. The second-order valence-electron chi connectivity index (χ2n) is 2.58. The zero-order chi connectivity index (χ0) is 8.53. The van der Waals surface area contributed by atoms with Crippen LogP contribution in [0.25, 0.3) is 0 Å². The van der Waals surface area contributed by atoms with Gasteiger partial charge in [0.1, 0.15) is 0 Å². The average molecular weight is 155 g/mol. The highest BCUT2D eigenvalue weighted by atomic mass is 16.4. The van der Waals surface area contributed by atoms with E-state index in [-0.39, 0.29) is 0 Å². The van der Waals surface area contributed by atoms with Crippen molar-refractivity contribution < 1.29 is 9.90 Å². The monoisotopic (exact) mass is 155 g/mol. The van der Waals surface area contributed by atoms with Gasteiger partial charge in [-0.25, -0.2) is 0 Å². The van der Waals surface area contributed by atoms with E-state index in [1.165, 1.54) is 0 Å². The second-order valence-corrected chi connectivity index (χ2v) is 2.58. The lowest BCUT2D eigenvalue weighted by Gasteiger charge is -1.95. The van der Waals surface area contributed by atoms with Gasteiger partial charge in [-0.05, 0) is 19.3 Å². The summed E-state index contributed by atoms with van der Waals surface area (Å²) in [6.07, 6.45) is 6.84. The van der Waals surface area contributed by atoms with Crippen LogP contribution >= 0.6 is 0 Å². The Bertz CT molecular complexity index is 119. The van der Waals surface area contributed by atoms with Gasteiger partial charge in [0.2, 0.25) is 0 Å². The van der Waals surface area contributed by atoms with Crippen molar-refractivity contribution in [1.29, 1.82) is 0 Å². The normalized spacial score (nSPS) is 9.45. The van der Waals surface area contributed by atoms with Crippen LogP contribution in [0.4, 0.5) is 0 Å². The molecule has 0 fully saturated rings. The Balaban J connectivity index is 2.90. The molecule has 11 heavy (non-hydrogen) atoms. The number of unbranched alkanes of at least 4 members (excludes halogenated alkanes) is 4. The van der Waals surface area contributed by atoms with Gasteiger partial charge in [0, 0.05) is 6.42 Å². The maximum Gasteiger partial charge on any atom is 0.303 e. The number of carboxylic acids is 1. The minimum atomic E-state index is -0.699. The third kappa shape index (κ3) is 9.21. The van der Waals surface area contributed by atoms with Crippen molar-refractivity contribution in [2.75, 3.05) is 0 Å². The summed E-state index contributed by atoms with van der Waals surface area (Å²) in [5.74, 6) is -0.699. The molecular weight excluding hydrogens is 140 g/mol. The van der Waals surface area contributed by atoms with Gasteiger partial charge in [-0.2, -0.15) is 0 Å². The third-order valence-corrected chi connectivity index (χ3v) is 1.51. The Morgan fingerprint density at radius 2 is 1.91 bits per heavy atom. The van der Waals surface area contributed by atoms with Gasteiger partial charge in [0.15, 0.2) is 0 Å². The molecule has 2 heteroatoms. The van der Waals surface area contributed by atoms with Gasteiger partial charge in [-0.15, -0.1) is 0 Å². The molecule has 0 aliphatic rings. The molecule has 63 valence electrons. The van der Waals surface area contributed by atoms with Gasteiger partial charge in [-0.1, -0.05) is 25.5 Å². The van der Waals surface area contributed by atoms with E-state index in [2.05, 4.69) is 0 Å². The van der Waals surface area contributed by atoms with E-state index in [1.807, 2.05) is 0 Å². The van der Waals surface area contributed by atoms with Crippen LogP contribution in [0, 0.1) is 6.58 Å². The van der Waals surface area contributed by atoms with Gasteiger partial charge < -0.3 is 5.11 Å². The van der Waals surface area contributed by atoms with E-state index in [0.29, 0.717) is 6.42 Å². The first-order chi connectivity index (χ1) is 5.27. The molecular formula is C9H15O2. The van der Waals surface area contributed by atoms with Gasteiger partial charge in [-0.3, -0.25) is 4.79 Å². The minimum absolute atomic E-state index is 0.298. The van der Waals surface area contributed by atoms with Gasteiger partial charge in [0.05, 0.1) is 0 Å². The van der Waals surface area contributed by atoms with E-state index in [1.54, 1.807) is 6.08 Å². The van der Waals surface area contributed by atoms with Crippen LogP contribution in [0.1, 0.15) is 38.5 Å². The highest BCUT2D eigenvalue weighted by Gasteiger charge is 1.94. The SMILES string of the molecule is [CH]=CCCCCCCC(=O)O. The lowest BCUT2D eigenvalue weighted by atomic mass is 10.1. The Kier molecular flexibility index (Phi) is 6.79. The molecule has 1 N–H and O–H groups in total. The third-order valence-electron chi connectivity index (χ3n) is 1.51. The summed E-state index contributed by atoms with van der Waals surface area (Å²) >= 11 is 0. The van der Waals surface area contributed by atoms with E-state index < -0.39 is 5.97 Å². The summed E-state index contributed by atoms with van der Waals surface area (Å²) in [6, 6.07) is 0. The fraction of sp³-hybridized carbons (Fsp3) is 0.667. The summed E-state index contributed by atoms with van der Waals surface area (Å²) in [7, 11) is 0.